The summed E-state index contributed by atoms with van der Waals surface area (Å²) >= 11 is 0. The molecule has 1 N–H and O–H groups in total. The van der Waals surface area contributed by atoms with Gasteiger partial charge in [-0.25, -0.2) is 4.39 Å². The van der Waals surface area contributed by atoms with Crippen molar-refractivity contribution in [3.05, 3.63) is 34.1 Å². The molecule has 2 rings (SSSR count). The van der Waals surface area contributed by atoms with Crippen LogP contribution in [0.2, 0.25) is 0 Å². The first kappa shape index (κ1) is 10.9. The number of anilines is 1. The van der Waals surface area contributed by atoms with Crippen LogP contribution in [0.5, 0.6) is 0 Å². The molecule has 1 aromatic rings. The fourth-order valence-electron chi connectivity index (χ4n) is 1.74. The number of hydrogen-bond acceptors (Lipinski definition) is 3. The minimum absolute atomic E-state index is 0.198. The zero-order chi connectivity index (χ0) is 11.7. The maximum atomic E-state index is 12.9. The molecule has 0 aromatic heterocycles. The Kier molecular flexibility index (Phi) is 2.77. The van der Waals surface area contributed by atoms with Gasteiger partial charge in [0, 0.05) is 6.04 Å². The van der Waals surface area contributed by atoms with Gasteiger partial charge < -0.3 is 5.32 Å². The molecule has 0 spiro atoms. The van der Waals surface area contributed by atoms with Crippen molar-refractivity contribution in [2.45, 2.75) is 25.8 Å². The molecule has 1 saturated carbocycles. The van der Waals surface area contributed by atoms with Crippen LogP contribution < -0.4 is 5.32 Å². The fraction of sp³-hybridized carbons (Fsp3) is 0.455. The van der Waals surface area contributed by atoms with Gasteiger partial charge in [0.1, 0.15) is 11.5 Å². The molecule has 1 atom stereocenters. The monoisotopic (exact) mass is 224 g/mol. The van der Waals surface area contributed by atoms with Gasteiger partial charge in [-0.05, 0) is 37.8 Å². The van der Waals surface area contributed by atoms with E-state index in [2.05, 4.69) is 5.32 Å². The minimum Gasteiger partial charge on any atom is -0.377 e. The number of benzene rings is 1. The SMILES string of the molecule is CC(Nc1ccc(F)cc1[N+](=O)[O-])C1CC1. The Morgan fingerprint density at radius 2 is 2.25 bits per heavy atom. The average molecular weight is 224 g/mol. The van der Waals surface area contributed by atoms with Gasteiger partial charge in [-0.1, -0.05) is 0 Å². The zero-order valence-corrected chi connectivity index (χ0v) is 8.94. The summed E-state index contributed by atoms with van der Waals surface area (Å²) in [6.07, 6.45) is 2.31. The number of nitro groups is 1. The highest BCUT2D eigenvalue weighted by Crippen LogP contribution is 2.35. The molecular formula is C11H13FN2O2. The van der Waals surface area contributed by atoms with Crippen molar-refractivity contribution >= 4 is 11.4 Å². The van der Waals surface area contributed by atoms with E-state index >= 15 is 0 Å². The molecule has 1 aliphatic carbocycles. The number of halogens is 1. The lowest BCUT2D eigenvalue weighted by Gasteiger charge is -2.14. The molecule has 0 heterocycles. The van der Waals surface area contributed by atoms with Gasteiger partial charge in [0.15, 0.2) is 0 Å². The summed E-state index contributed by atoms with van der Waals surface area (Å²) < 4.78 is 12.9. The van der Waals surface area contributed by atoms with E-state index in [0.717, 1.165) is 18.9 Å². The van der Waals surface area contributed by atoms with E-state index in [1.165, 1.54) is 12.1 Å². The predicted octanol–water partition coefficient (Wildman–Crippen LogP) is 2.94. The number of nitrogens with zero attached hydrogens (tertiary/aromatic N) is 1. The summed E-state index contributed by atoms with van der Waals surface area (Å²) in [5.41, 5.74) is 0.193. The Morgan fingerprint density at radius 3 is 2.81 bits per heavy atom. The Bertz CT molecular complexity index is 418. The first-order valence-electron chi connectivity index (χ1n) is 5.28. The van der Waals surface area contributed by atoms with Gasteiger partial charge >= 0.3 is 0 Å². The molecule has 0 bridgehead atoms. The maximum Gasteiger partial charge on any atom is 0.295 e. The smallest absolute Gasteiger partial charge is 0.295 e. The largest absolute Gasteiger partial charge is 0.377 e. The third-order valence-electron chi connectivity index (χ3n) is 2.87. The summed E-state index contributed by atoms with van der Waals surface area (Å²) in [5, 5.41) is 13.8. The van der Waals surface area contributed by atoms with Crippen LogP contribution in [0.4, 0.5) is 15.8 Å². The molecule has 1 fully saturated rings. The van der Waals surface area contributed by atoms with Gasteiger partial charge in [0.25, 0.3) is 5.69 Å². The molecule has 1 aliphatic rings. The van der Waals surface area contributed by atoms with Gasteiger partial charge in [0.2, 0.25) is 0 Å². The molecule has 4 nitrogen and oxygen atoms in total. The van der Waals surface area contributed by atoms with E-state index in [1.807, 2.05) is 6.92 Å². The molecule has 1 unspecified atom stereocenters. The Hall–Kier alpha value is -1.65. The van der Waals surface area contributed by atoms with E-state index in [4.69, 9.17) is 0 Å². The summed E-state index contributed by atoms with van der Waals surface area (Å²) in [6.45, 7) is 1.99. The van der Waals surface area contributed by atoms with Crippen molar-refractivity contribution in [1.82, 2.24) is 0 Å². The molecule has 16 heavy (non-hydrogen) atoms. The highest BCUT2D eigenvalue weighted by atomic mass is 19.1. The van der Waals surface area contributed by atoms with E-state index in [0.29, 0.717) is 11.6 Å². The van der Waals surface area contributed by atoms with Crippen LogP contribution in [-0.2, 0) is 0 Å². The lowest BCUT2D eigenvalue weighted by Crippen LogP contribution is -2.18. The Balaban J connectivity index is 2.21. The lowest BCUT2D eigenvalue weighted by atomic mass is 10.2. The normalized spacial score (nSPS) is 16.9. The summed E-state index contributed by atoms with van der Waals surface area (Å²) in [6, 6.07) is 3.80. The first-order valence-corrected chi connectivity index (χ1v) is 5.28. The first-order chi connectivity index (χ1) is 7.58. The van der Waals surface area contributed by atoms with Crippen molar-refractivity contribution in [2.24, 2.45) is 5.92 Å². The molecule has 86 valence electrons. The van der Waals surface area contributed by atoms with Crippen LogP contribution >= 0.6 is 0 Å². The third-order valence-corrected chi connectivity index (χ3v) is 2.87. The van der Waals surface area contributed by atoms with Gasteiger partial charge in [-0.3, -0.25) is 10.1 Å². The Labute approximate surface area is 92.6 Å². The molecule has 1 aromatic carbocycles. The van der Waals surface area contributed by atoms with Crippen LogP contribution in [-0.4, -0.2) is 11.0 Å². The summed E-state index contributed by atoms with van der Waals surface area (Å²) in [4.78, 5) is 10.2. The van der Waals surface area contributed by atoms with Crippen molar-refractivity contribution in [1.29, 1.82) is 0 Å². The minimum atomic E-state index is -0.587. The van der Waals surface area contributed by atoms with Gasteiger partial charge in [-0.15, -0.1) is 0 Å². The highest BCUT2D eigenvalue weighted by molar-refractivity contribution is 5.61. The van der Waals surface area contributed by atoms with E-state index in [-0.39, 0.29) is 11.7 Å². The second kappa shape index (κ2) is 4.08. The van der Waals surface area contributed by atoms with Crippen molar-refractivity contribution < 1.29 is 9.31 Å². The van der Waals surface area contributed by atoms with E-state index < -0.39 is 10.7 Å². The second-order valence-corrected chi connectivity index (χ2v) is 4.19. The van der Waals surface area contributed by atoms with Gasteiger partial charge in [0.05, 0.1) is 11.0 Å². The highest BCUT2D eigenvalue weighted by Gasteiger charge is 2.29. The molecule has 0 radical (unpaired) electrons. The van der Waals surface area contributed by atoms with Crippen LogP contribution in [0.1, 0.15) is 19.8 Å². The molecule has 0 amide bonds. The van der Waals surface area contributed by atoms with E-state index in [9.17, 15) is 14.5 Å². The number of nitro benzene ring substituents is 1. The Morgan fingerprint density at radius 1 is 1.56 bits per heavy atom. The topological polar surface area (TPSA) is 55.2 Å². The van der Waals surface area contributed by atoms with Crippen LogP contribution in [0, 0.1) is 21.8 Å². The van der Waals surface area contributed by atoms with Crippen molar-refractivity contribution in [3.63, 3.8) is 0 Å². The average Bonchev–Trinajstić information content (AvgIpc) is 3.03. The van der Waals surface area contributed by atoms with Crippen LogP contribution in [0.3, 0.4) is 0 Å². The maximum absolute atomic E-state index is 12.9. The van der Waals surface area contributed by atoms with Crippen molar-refractivity contribution in [3.8, 4) is 0 Å². The number of nitrogens with one attached hydrogen (secondary N) is 1. The summed E-state index contributed by atoms with van der Waals surface area (Å²) in [7, 11) is 0. The molecular weight excluding hydrogens is 211 g/mol. The van der Waals surface area contributed by atoms with Gasteiger partial charge in [-0.2, -0.15) is 0 Å². The standard InChI is InChI=1S/C11H13FN2O2/c1-7(8-2-3-8)13-10-5-4-9(12)6-11(10)14(15)16/h4-8,13H,2-3H2,1H3. The molecule has 0 aliphatic heterocycles. The third kappa shape index (κ3) is 2.29. The summed E-state index contributed by atoms with van der Waals surface area (Å²) in [5.74, 6) is 0.000909. The number of hydrogen-bond donors (Lipinski definition) is 1. The molecule has 5 heteroatoms. The number of rotatable bonds is 4. The van der Waals surface area contributed by atoms with Crippen LogP contribution in [0.25, 0.3) is 0 Å². The van der Waals surface area contributed by atoms with E-state index in [1.54, 1.807) is 0 Å². The quantitative estimate of drug-likeness (QED) is 0.632. The van der Waals surface area contributed by atoms with Crippen LogP contribution in [0.15, 0.2) is 18.2 Å². The second-order valence-electron chi connectivity index (χ2n) is 4.19. The van der Waals surface area contributed by atoms with Crippen molar-refractivity contribution in [2.75, 3.05) is 5.32 Å². The zero-order valence-electron chi connectivity index (χ0n) is 8.94. The fourth-order valence-corrected chi connectivity index (χ4v) is 1.74. The molecule has 0 saturated heterocycles. The predicted molar refractivity (Wildman–Crippen MR) is 58.9 cm³/mol. The lowest BCUT2D eigenvalue weighted by molar-refractivity contribution is -0.384.